The molecule has 0 aliphatic carbocycles. The summed E-state index contributed by atoms with van der Waals surface area (Å²) in [5.41, 5.74) is 0.503. The van der Waals surface area contributed by atoms with E-state index >= 15 is 0 Å². The smallest absolute Gasteiger partial charge is 0.273 e. The Labute approximate surface area is 181 Å². The summed E-state index contributed by atoms with van der Waals surface area (Å²) in [6.07, 6.45) is 4.31. The number of likely N-dealkylation sites (N-methyl/N-ethyl adjacent to an activating group) is 1. The minimum Gasteiger partial charge on any atom is -0.481 e. The lowest BCUT2D eigenvalue weighted by Gasteiger charge is -2.22. The first kappa shape index (κ1) is 24.0. The Bertz CT molecular complexity index is 900. The first-order chi connectivity index (χ1) is 14.8. The van der Waals surface area contributed by atoms with Gasteiger partial charge in [-0.25, -0.2) is 18.7 Å². The van der Waals surface area contributed by atoms with E-state index in [1.165, 1.54) is 32.4 Å². The van der Waals surface area contributed by atoms with E-state index in [4.69, 9.17) is 10.00 Å². The summed E-state index contributed by atoms with van der Waals surface area (Å²) >= 11 is 0. The Balaban J connectivity index is 0.000000233. The van der Waals surface area contributed by atoms with Crippen LogP contribution in [-0.4, -0.2) is 54.6 Å². The van der Waals surface area contributed by atoms with Crippen molar-refractivity contribution in [3.8, 4) is 11.9 Å². The van der Waals surface area contributed by atoms with Crippen LogP contribution in [0.1, 0.15) is 37.3 Å². The fourth-order valence-electron chi connectivity index (χ4n) is 2.96. The van der Waals surface area contributed by atoms with Gasteiger partial charge in [-0.2, -0.15) is 5.26 Å². The van der Waals surface area contributed by atoms with Crippen LogP contribution >= 0.6 is 0 Å². The van der Waals surface area contributed by atoms with Crippen molar-refractivity contribution >= 4 is 11.7 Å². The predicted molar refractivity (Wildman–Crippen MR) is 113 cm³/mol. The van der Waals surface area contributed by atoms with Crippen LogP contribution in [0, 0.1) is 11.3 Å². The van der Waals surface area contributed by atoms with Crippen LogP contribution in [0.3, 0.4) is 0 Å². The number of carbonyl (C=O) groups is 1. The van der Waals surface area contributed by atoms with E-state index in [0.29, 0.717) is 12.0 Å². The minimum atomic E-state index is -2.80. The summed E-state index contributed by atoms with van der Waals surface area (Å²) < 4.78 is 31.0. The Morgan fingerprint density at radius 3 is 2.65 bits per heavy atom. The van der Waals surface area contributed by atoms with Crippen LogP contribution in [0.2, 0.25) is 0 Å². The van der Waals surface area contributed by atoms with E-state index in [1.54, 1.807) is 12.3 Å². The molecule has 0 saturated carbocycles. The maximum absolute atomic E-state index is 13.1. The topological polar surface area (TPSA) is 82.4 Å². The third kappa shape index (κ3) is 6.88. The van der Waals surface area contributed by atoms with Crippen molar-refractivity contribution in [2.75, 3.05) is 38.7 Å². The van der Waals surface area contributed by atoms with Gasteiger partial charge in [0.15, 0.2) is 0 Å². The lowest BCUT2D eigenvalue weighted by atomic mass is 10.1. The van der Waals surface area contributed by atoms with Gasteiger partial charge in [0.25, 0.3) is 5.92 Å². The molecule has 7 nitrogen and oxygen atoms in total. The van der Waals surface area contributed by atoms with Gasteiger partial charge >= 0.3 is 0 Å². The van der Waals surface area contributed by atoms with Gasteiger partial charge in [0.2, 0.25) is 11.8 Å². The van der Waals surface area contributed by atoms with E-state index in [-0.39, 0.29) is 23.8 Å². The van der Waals surface area contributed by atoms with Gasteiger partial charge < -0.3 is 14.5 Å². The Hall–Kier alpha value is -3.28. The largest absolute Gasteiger partial charge is 0.481 e. The number of pyridine rings is 2. The highest BCUT2D eigenvalue weighted by Crippen LogP contribution is 2.32. The molecular formula is C22H27F2N5O2. The normalized spacial score (nSPS) is 13.3. The van der Waals surface area contributed by atoms with Crippen LogP contribution < -0.4 is 9.64 Å². The number of methoxy groups -OCH3 is 1. The molecule has 0 radical (unpaired) electrons. The average Bonchev–Trinajstić information content (AvgIpc) is 3.22. The fraction of sp³-hybridized carbons (Fsp3) is 0.455. The van der Waals surface area contributed by atoms with Crippen LogP contribution in [0.25, 0.3) is 0 Å². The molecule has 1 amide bonds. The highest BCUT2D eigenvalue weighted by molar-refractivity contribution is 5.78. The SMILES string of the molecule is CCC(F)(F)c1ccnc(OC)c1.CN(CCN1CCCC1=O)c1ccc(C#N)cn1. The van der Waals surface area contributed by atoms with E-state index in [9.17, 15) is 13.6 Å². The number of carbonyl (C=O) groups excluding carboxylic acids is 1. The molecule has 0 aromatic carbocycles. The van der Waals surface area contributed by atoms with Crippen molar-refractivity contribution in [2.45, 2.75) is 32.1 Å². The van der Waals surface area contributed by atoms with Crippen LogP contribution in [0.5, 0.6) is 5.88 Å². The number of anilines is 1. The van der Waals surface area contributed by atoms with Crippen molar-refractivity contribution in [1.29, 1.82) is 5.26 Å². The average molecular weight is 431 g/mol. The third-order valence-corrected chi connectivity index (χ3v) is 4.96. The summed E-state index contributed by atoms with van der Waals surface area (Å²) in [4.78, 5) is 23.3. The molecule has 0 bridgehead atoms. The van der Waals surface area contributed by atoms with E-state index in [1.807, 2.05) is 29.0 Å². The van der Waals surface area contributed by atoms with E-state index in [0.717, 1.165) is 31.9 Å². The predicted octanol–water partition coefficient (Wildman–Crippen LogP) is 3.60. The van der Waals surface area contributed by atoms with Crippen molar-refractivity contribution in [2.24, 2.45) is 0 Å². The summed E-state index contributed by atoms with van der Waals surface area (Å²) in [5, 5.41) is 8.70. The molecule has 2 aromatic heterocycles. The molecular weight excluding hydrogens is 404 g/mol. The molecule has 0 spiro atoms. The highest BCUT2D eigenvalue weighted by atomic mass is 19.3. The Morgan fingerprint density at radius 1 is 1.32 bits per heavy atom. The third-order valence-electron chi connectivity index (χ3n) is 4.96. The molecule has 0 unspecified atom stereocenters. The van der Waals surface area contributed by atoms with Crippen LogP contribution in [0.4, 0.5) is 14.6 Å². The van der Waals surface area contributed by atoms with Gasteiger partial charge in [0.1, 0.15) is 11.9 Å². The molecule has 166 valence electrons. The molecule has 3 rings (SSSR count). The van der Waals surface area contributed by atoms with Gasteiger partial charge in [0, 0.05) is 63.5 Å². The van der Waals surface area contributed by atoms with Gasteiger partial charge in [-0.3, -0.25) is 4.79 Å². The number of rotatable bonds is 7. The number of amides is 1. The zero-order valence-corrected chi connectivity index (χ0v) is 18.0. The van der Waals surface area contributed by atoms with Crippen molar-refractivity contribution in [3.05, 3.63) is 47.8 Å². The highest BCUT2D eigenvalue weighted by Gasteiger charge is 2.29. The Morgan fingerprint density at radius 2 is 2.10 bits per heavy atom. The first-order valence-corrected chi connectivity index (χ1v) is 10.0. The van der Waals surface area contributed by atoms with E-state index in [2.05, 4.69) is 9.97 Å². The number of aromatic nitrogens is 2. The number of ether oxygens (including phenoxy) is 1. The molecule has 1 fully saturated rings. The summed E-state index contributed by atoms with van der Waals surface area (Å²) in [5.74, 6) is -1.52. The van der Waals surface area contributed by atoms with Crippen LogP contribution in [0.15, 0.2) is 36.7 Å². The van der Waals surface area contributed by atoms with Gasteiger partial charge in [-0.05, 0) is 24.6 Å². The zero-order valence-electron chi connectivity index (χ0n) is 18.0. The summed E-state index contributed by atoms with van der Waals surface area (Å²) in [6.45, 7) is 3.79. The number of nitriles is 1. The maximum Gasteiger partial charge on any atom is 0.273 e. The number of hydrogen-bond donors (Lipinski definition) is 0. The molecule has 0 N–H and O–H groups in total. The monoisotopic (exact) mass is 431 g/mol. The molecule has 31 heavy (non-hydrogen) atoms. The molecule has 3 heterocycles. The molecule has 1 aliphatic heterocycles. The lowest BCUT2D eigenvalue weighted by Crippen LogP contribution is -2.34. The number of alkyl halides is 2. The van der Waals surface area contributed by atoms with Gasteiger partial charge in [0.05, 0.1) is 12.7 Å². The van der Waals surface area contributed by atoms with Gasteiger partial charge in [-0.15, -0.1) is 0 Å². The minimum absolute atomic E-state index is 0.0538. The molecule has 9 heteroatoms. The summed E-state index contributed by atoms with van der Waals surface area (Å²) in [7, 11) is 3.34. The second kappa shape index (κ2) is 11.2. The second-order valence-corrected chi connectivity index (χ2v) is 7.07. The maximum atomic E-state index is 13.1. The molecule has 0 atom stereocenters. The molecule has 1 saturated heterocycles. The number of hydrogen-bond acceptors (Lipinski definition) is 6. The van der Waals surface area contributed by atoms with Crippen molar-refractivity contribution < 1.29 is 18.3 Å². The fourth-order valence-corrected chi connectivity index (χ4v) is 2.96. The van der Waals surface area contributed by atoms with Crippen molar-refractivity contribution in [3.63, 3.8) is 0 Å². The lowest BCUT2D eigenvalue weighted by molar-refractivity contribution is -0.127. The van der Waals surface area contributed by atoms with Gasteiger partial charge in [-0.1, -0.05) is 6.92 Å². The molecule has 2 aromatic rings. The molecule has 1 aliphatic rings. The van der Waals surface area contributed by atoms with E-state index < -0.39 is 5.92 Å². The quantitative estimate of drug-likeness (QED) is 0.666. The number of halogens is 2. The Kier molecular flexibility index (Phi) is 8.67. The zero-order chi connectivity index (χ0) is 22.9. The summed E-state index contributed by atoms with van der Waals surface area (Å²) in [6, 6.07) is 8.17. The first-order valence-electron chi connectivity index (χ1n) is 10.0. The number of nitrogens with zero attached hydrogens (tertiary/aromatic N) is 5. The standard InChI is InChI=1S/C13H16N4O.C9H11F2NO/c1-16(7-8-17-6-2-3-13(17)18)12-5-4-11(9-14)10-15-12;1-3-9(10,11)7-4-5-12-8(6-7)13-2/h4-5,10H,2-3,6-8H2,1H3;4-6H,3H2,1-2H3. The second-order valence-electron chi connectivity index (χ2n) is 7.07. The van der Waals surface area contributed by atoms with Crippen LogP contribution in [-0.2, 0) is 10.7 Å². The number of likely N-dealkylation sites (tertiary alicyclic amines) is 1. The van der Waals surface area contributed by atoms with Crippen molar-refractivity contribution in [1.82, 2.24) is 14.9 Å².